The van der Waals surface area contributed by atoms with Gasteiger partial charge in [-0.15, -0.1) is 0 Å². The molecule has 1 fully saturated rings. The number of anilines is 1. The van der Waals surface area contributed by atoms with Crippen LogP contribution in [0.15, 0.2) is 18.2 Å². The van der Waals surface area contributed by atoms with Crippen LogP contribution < -0.4 is 10.2 Å². The van der Waals surface area contributed by atoms with E-state index in [0.29, 0.717) is 18.3 Å². The molecule has 1 amide bonds. The highest BCUT2D eigenvalue weighted by molar-refractivity contribution is 7.91. The highest BCUT2D eigenvalue weighted by Crippen LogP contribution is 2.32. The van der Waals surface area contributed by atoms with Crippen molar-refractivity contribution in [3.05, 3.63) is 29.3 Å². The monoisotopic (exact) mass is 367 g/mol. The average Bonchev–Trinajstić information content (AvgIpc) is 2.87. The quantitative estimate of drug-likeness (QED) is 0.802. The van der Waals surface area contributed by atoms with E-state index >= 15 is 0 Å². The Morgan fingerprint density at radius 3 is 2.20 bits per heavy atom. The van der Waals surface area contributed by atoms with Crippen molar-refractivity contribution in [2.75, 3.05) is 30.4 Å². The summed E-state index contributed by atoms with van der Waals surface area (Å²) in [6.07, 6.45) is 0.640. The van der Waals surface area contributed by atoms with Crippen LogP contribution in [0, 0.1) is 0 Å². The van der Waals surface area contributed by atoms with Crippen LogP contribution in [0.2, 0.25) is 0 Å². The average molecular weight is 368 g/mol. The molecular weight excluding hydrogens is 336 g/mol. The van der Waals surface area contributed by atoms with Gasteiger partial charge in [-0.3, -0.25) is 4.79 Å². The molecule has 2 rings (SSSR count). The predicted octanol–water partition coefficient (Wildman–Crippen LogP) is 1.57. The van der Waals surface area contributed by atoms with Crippen molar-refractivity contribution in [3.63, 3.8) is 0 Å². The van der Waals surface area contributed by atoms with Crippen LogP contribution in [0.5, 0.6) is 0 Å². The number of hydrogen-bond acceptors (Lipinski definition) is 3. The zero-order chi connectivity index (χ0) is 18.8. The number of rotatable bonds is 6. The maximum atomic E-state index is 12.6. The molecule has 0 aromatic heterocycles. The minimum absolute atomic E-state index is 0.0145. The number of likely N-dealkylation sites (N-methyl/N-ethyl adjacent to an activating group) is 1. The van der Waals surface area contributed by atoms with Crippen molar-refractivity contribution in [3.8, 4) is 0 Å². The number of nitrogens with one attached hydrogen (secondary N) is 2. The maximum Gasteiger partial charge on any atom is 0.279 e. The van der Waals surface area contributed by atoms with Gasteiger partial charge in [0.05, 0.1) is 12.8 Å². The maximum absolute atomic E-state index is 12.6. The molecular formula is C19H31N2O3S+. The van der Waals surface area contributed by atoms with E-state index in [9.17, 15) is 13.2 Å². The minimum Gasteiger partial charge on any atom is -0.326 e. The van der Waals surface area contributed by atoms with E-state index in [1.165, 1.54) is 0 Å². The van der Waals surface area contributed by atoms with Gasteiger partial charge >= 0.3 is 0 Å². The largest absolute Gasteiger partial charge is 0.326 e. The Bertz CT molecular complexity index is 700. The standard InChI is InChI=1S/C19H30N2O3S/c1-13(2)16-7-6-8-17(14(3)4)19(16)20-18(22)11-21(5)15-9-10-25(23,24)12-15/h6-8,13-15H,9-12H2,1-5H3,(H,20,22)/p+1/t15-/m1/s1. The molecule has 1 aliphatic rings. The van der Waals surface area contributed by atoms with Gasteiger partial charge in [-0.1, -0.05) is 45.9 Å². The van der Waals surface area contributed by atoms with Crippen molar-refractivity contribution >= 4 is 21.4 Å². The Balaban J connectivity index is 2.12. The lowest BCUT2D eigenvalue weighted by Crippen LogP contribution is -3.14. The second-order valence-corrected chi connectivity index (χ2v) is 10.0. The van der Waals surface area contributed by atoms with Gasteiger partial charge in [0, 0.05) is 12.1 Å². The third kappa shape index (κ3) is 5.05. The van der Waals surface area contributed by atoms with Gasteiger partial charge in [0.2, 0.25) is 0 Å². The fourth-order valence-electron chi connectivity index (χ4n) is 3.46. The summed E-state index contributed by atoms with van der Waals surface area (Å²) in [5.74, 6) is 1.01. The molecule has 25 heavy (non-hydrogen) atoms. The smallest absolute Gasteiger partial charge is 0.279 e. The van der Waals surface area contributed by atoms with Crippen LogP contribution >= 0.6 is 0 Å². The van der Waals surface area contributed by atoms with Gasteiger partial charge in [-0.05, 0) is 23.0 Å². The van der Waals surface area contributed by atoms with Crippen LogP contribution in [0.1, 0.15) is 57.1 Å². The lowest BCUT2D eigenvalue weighted by molar-refractivity contribution is -0.894. The normalized spacial score (nSPS) is 20.8. The zero-order valence-electron chi connectivity index (χ0n) is 15.9. The zero-order valence-corrected chi connectivity index (χ0v) is 16.7. The van der Waals surface area contributed by atoms with E-state index in [1.54, 1.807) is 0 Å². The van der Waals surface area contributed by atoms with Crippen LogP contribution in [0.3, 0.4) is 0 Å². The summed E-state index contributed by atoms with van der Waals surface area (Å²) in [5, 5.41) is 3.11. The predicted molar refractivity (Wildman–Crippen MR) is 102 cm³/mol. The van der Waals surface area contributed by atoms with E-state index in [-0.39, 0.29) is 30.0 Å². The first-order valence-electron chi connectivity index (χ1n) is 9.06. The van der Waals surface area contributed by atoms with Crippen molar-refractivity contribution in [2.45, 2.75) is 52.0 Å². The van der Waals surface area contributed by atoms with E-state index in [2.05, 4.69) is 45.1 Å². The molecule has 1 aromatic rings. The molecule has 5 nitrogen and oxygen atoms in total. The highest BCUT2D eigenvalue weighted by Gasteiger charge is 2.34. The van der Waals surface area contributed by atoms with Crippen LogP contribution in [0.4, 0.5) is 5.69 Å². The van der Waals surface area contributed by atoms with E-state index < -0.39 is 9.84 Å². The summed E-state index contributed by atoms with van der Waals surface area (Å²) in [4.78, 5) is 13.6. The Morgan fingerprint density at radius 1 is 1.20 bits per heavy atom. The SMILES string of the molecule is CC(C)c1cccc(C(C)C)c1NC(=O)C[NH+](C)[C@@H]1CCS(=O)(=O)C1. The van der Waals surface area contributed by atoms with Crippen molar-refractivity contribution in [1.29, 1.82) is 0 Å². The molecule has 1 saturated heterocycles. The van der Waals surface area contributed by atoms with Crippen molar-refractivity contribution in [2.24, 2.45) is 0 Å². The van der Waals surface area contributed by atoms with Gasteiger partial charge in [-0.2, -0.15) is 0 Å². The number of amides is 1. The molecule has 140 valence electrons. The van der Waals surface area contributed by atoms with Crippen LogP contribution in [-0.2, 0) is 14.6 Å². The van der Waals surface area contributed by atoms with Gasteiger partial charge in [-0.25, -0.2) is 8.42 Å². The fraction of sp³-hybridized carbons (Fsp3) is 0.632. The molecule has 0 saturated carbocycles. The number of hydrogen-bond donors (Lipinski definition) is 2. The molecule has 0 radical (unpaired) electrons. The van der Waals surface area contributed by atoms with Crippen LogP contribution in [-0.4, -0.2) is 45.5 Å². The molecule has 2 N–H and O–H groups in total. The molecule has 1 unspecified atom stereocenters. The molecule has 0 spiro atoms. The minimum atomic E-state index is -2.92. The Morgan fingerprint density at radius 2 is 1.76 bits per heavy atom. The first-order valence-corrected chi connectivity index (χ1v) is 10.9. The molecule has 0 aliphatic carbocycles. The summed E-state index contributed by atoms with van der Waals surface area (Å²) in [6, 6.07) is 6.18. The van der Waals surface area contributed by atoms with E-state index in [0.717, 1.165) is 21.7 Å². The van der Waals surface area contributed by atoms with Crippen molar-refractivity contribution < 1.29 is 18.1 Å². The molecule has 2 atom stereocenters. The number of sulfone groups is 1. The summed E-state index contributed by atoms with van der Waals surface area (Å²) >= 11 is 0. The Kier molecular flexibility index (Phi) is 6.27. The van der Waals surface area contributed by atoms with E-state index in [4.69, 9.17) is 0 Å². The summed E-state index contributed by atoms with van der Waals surface area (Å²) in [5.41, 5.74) is 3.20. The first-order chi connectivity index (χ1) is 11.6. The number of quaternary nitrogens is 1. The van der Waals surface area contributed by atoms with Gasteiger partial charge in [0.15, 0.2) is 16.4 Å². The number of benzene rings is 1. The number of carbonyl (C=O) groups excluding carboxylic acids is 1. The molecule has 1 aliphatic heterocycles. The first kappa shape index (κ1) is 19.9. The Hall–Kier alpha value is -1.40. The lowest BCUT2D eigenvalue weighted by Gasteiger charge is -2.22. The van der Waals surface area contributed by atoms with Crippen LogP contribution in [0.25, 0.3) is 0 Å². The summed E-state index contributed by atoms with van der Waals surface area (Å²) in [6.45, 7) is 8.77. The second kappa shape index (κ2) is 7.87. The molecule has 1 heterocycles. The third-order valence-corrected chi connectivity index (χ3v) is 6.77. The number of para-hydroxylation sites is 1. The second-order valence-electron chi connectivity index (χ2n) is 7.79. The number of carbonyl (C=O) groups is 1. The van der Waals surface area contributed by atoms with Crippen molar-refractivity contribution in [1.82, 2.24) is 0 Å². The van der Waals surface area contributed by atoms with E-state index in [1.807, 2.05) is 13.1 Å². The fourth-order valence-corrected chi connectivity index (χ4v) is 5.33. The molecule has 6 heteroatoms. The third-order valence-electron chi connectivity index (χ3n) is 5.01. The van der Waals surface area contributed by atoms with Gasteiger partial charge in [0.25, 0.3) is 5.91 Å². The summed E-state index contributed by atoms with van der Waals surface area (Å²) < 4.78 is 23.3. The molecule has 1 aromatic carbocycles. The topological polar surface area (TPSA) is 67.7 Å². The Labute approximate surface area is 151 Å². The van der Waals surface area contributed by atoms with Gasteiger partial charge in [0.1, 0.15) is 11.8 Å². The highest BCUT2D eigenvalue weighted by atomic mass is 32.2. The van der Waals surface area contributed by atoms with Gasteiger partial charge < -0.3 is 10.2 Å². The molecule has 0 bridgehead atoms. The summed E-state index contributed by atoms with van der Waals surface area (Å²) in [7, 11) is -1.02. The lowest BCUT2D eigenvalue weighted by atomic mass is 9.92.